The lowest BCUT2D eigenvalue weighted by atomic mass is 10.0. The van der Waals surface area contributed by atoms with E-state index >= 15 is 0 Å². The summed E-state index contributed by atoms with van der Waals surface area (Å²) in [6.45, 7) is 2.46. The average Bonchev–Trinajstić information content (AvgIpc) is 2.51. The van der Waals surface area contributed by atoms with E-state index in [1.54, 1.807) is 6.92 Å². The SMILES string of the molecule is CC(C(=O)NC(N)=O)N(C)CCc1cccc2ccccc12. The summed E-state index contributed by atoms with van der Waals surface area (Å²) in [7, 11) is 1.86. The normalized spacial score (nSPS) is 12.3. The first-order valence-electron chi connectivity index (χ1n) is 7.26. The number of imide groups is 1. The van der Waals surface area contributed by atoms with E-state index in [9.17, 15) is 9.59 Å². The molecule has 2 aromatic rings. The number of nitrogens with zero attached hydrogens (tertiary/aromatic N) is 1. The van der Waals surface area contributed by atoms with Gasteiger partial charge in [-0.3, -0.25) is 15.0 Å². The first-order chi connectivity index (χ1) is 10.5. The van der Waals surface area contributed by atoms with Crippen molar-refractivity contribution < 1.29 is 9.59 Å². The smallest absolute Gasteiger partial charge is 0.318 e. The molecule has 0 aromatic heterocycles. The first kappa shape index (κ1) is 16.0. The Hall–Kier alpha value is -2.40. The number of hydrogen-bond acceptors (Lipinski definition) is 3. The number of carbonyl (C=O) groups is 2. The molecule has 0 bridgehead atoms. The molecule has 3 N–H and O–H groups in total. The van der Waals surface area contributed by atoms with Gasteiger partial charge < -0.3 is 5.73 Å². The fourth-order valence-electron chi connectivity index (χ4n) is 2.43. The fourth-order valence-corrected chi connectivity index (χ4v) is 2.43. The molecular weight excluding hydrogens is 278 g/mol. The maximum absolute atomic E-state index is 11.8. The number of carbonyl (C=O) groups excluding carboxylic acids is 2. The van der Waals surface area contributed by atoms with Gasteiger partial charge >= 0.3 is 6.03 Å². The molecule has 0 aliphatic rings. The zero-order valence-corrected chi connectivity index (χ0v) is 12.9. The highest BCUT2D eigenvalue weighted by atomic mass is 16.2. The standard InChI is InChI=1S/C17H21N3O2/c1-12(16(21)19-17(18)22)20(2)11-10-14-8-5-7-13-6-3-4-9-15(13)14/h3-9,12H,10-11H2,1-2H3,(H3,18,19,21,22). The highest BCUT2D eigenvalue weighted by Gasteiger charge is 2.19. The van der Waals surface area contributed by atoms with E-state index in [-0.39, 0.29) is 5.91 Å². The van der Waals surface area contributed by atoms with Crippen molar-refractivity contribution in [1.29, 1.82) is 0 Å². The summed E-state index contributed by atoms with van der Waals surface area (Å²) < 4.78 is 0. The Morgan fingerprint density at radius 3 is 2.59 bits per heavy atom. The molecule has 1 atom stereocenters. The van der Waals surface area contributed by atoms with Gasteiger partial charge in [-0.05, 0) is 36.7 Å². The second kappa shape index (κ2) is 7.04. The summed E-state index contributed by atoms with van der Waals surface area (Å²) >= 11 is 0. The summed E-state index contributed by atoms with van der Waals surface area (Å²) in [5.74, 6) is -0.382. The number of nitrogens with one attached hydrogen (secondary N) is 1. The van der Waals surface area contributed by atoms with E-state index < -0.39 is 12.1 Å². The third kappa shape index (κ3) is 3.83. The molecule has 0 saturated heterocycles. The van der Waals surface area contributed by atoms with E-state index in [1.807, 2.05) is 30.1 Å². The van der Waals surface area contributed by atoms with Crippen LogP contribution >= 0.6 is 0 Å². The quantitative estimate of drug-likeness (QED) is 0.885. The molecule has 1 unspecified atom stereocenters. The third-order valence-electron chi connectivity index (χ3n) is 3.90. The van der Waals surface area contributed by atoms with Crippen molar-refractivity contribution in [3.05, 3.63) is 48.0 Å². The Morgan fingerprint density at radius 2 is 1.86 bits per heavy atom. The van der Waals surface area contributed by atoms with Gasteiger partial charge in [0.1, 0.15) is 0 Å². The van der Waals surface area contributed by atoms with Crippen LogP contribution in [0.5, 0.6) is 0 Å². The minimum atomic E-state index is -0.820. The number of nitrogens with two attached hydrogens (primary N) is 1. The van der Waals surface area contributed by atoms with Crippen LogP contribution in [0.1, 0.15) is 12.5 Å². The van der Waals surface area contributed by atoms with E-state index in [4.69, 9.17) is 5.73 Å². The minimum Gasteiger partial charge on any atom is -0.351 e. The molecule has 5 heteroatoms. The first-order valence-corrected chi connectivity index (χ1v) is 7.26. The number of benzene rings is 2. The third-order valence-corrected chi connectivity index (χ3v) is 3.90. The van der Waals surface area contributed by atoms with Crippen LogP contribution in [0, 0.1) is 0 Å². The largest absolute Gasteiger partial charge is 0.351 e. The van der Waals surface area contributed by atoms with Crippen LogP contribution in [0.2, 0.25) is 0 Å². The maximum atomic E-state index is 11.8. The second-order valence-corrected chi connectivity index (χ2v) is 5.40. The van der Waals surface area contributed by atoms with Gasteiger partial charge in [-0.25, -0.2) is 4.79 Å². The van der Waals surface area contributed by atoms with Crippen LogP contribution in [0.4, 0.5) is 4.79 Å². The minimum absolute atomic E-state index is 0.382. The van der Waals surface area contributed by atoms with Crippen molar-refractivity contribution in [2.24, 2.45) is 5.73 Å². The monoisotopic (exact) mass is 299 g/mol. The molecule has 3 amide bonds. The van der Waals surface area contributed by atoms with E-state index in [2.05, 4.69) is 29.6 Å². The molecule has 0 radical (unpaired) electrons. The lowest BCUT2D eigenvalue weighted by molar-refractivity contribution is -0.124. The highest BCUT2D eigenvalue weighted by molar-refractivity contribution is 5.96. The molecule has 5 nitrogen and oxygen atoms in total. The molecule has 0 aliphatic carbocycles. The summed E-state index contributed by atoms with van der Waals surface area (Å²) in [6.07, 6.45) is 0.825. The Labute approximate surface area is 130 Å². The number of urea groups is 1. The molecular formula is C17H21N3O2. The molecule has 116 valence electrons. The van der Waals surface area contributed by atoms with Crippen LogP contribution in [0.15, 0.2) is 42.5 Å². The lowest BCUT2D eigenvalue weighted by Gasteiger charge is -2.23. The number of rotatable bonds is 5. The summed E-state index contributed by atoms with van der Waals surface area (Å²) in [5, 5.41) is 4.55. The van der Waals surface area contributed by atoms with Crippen LogP contribution in [0.25, 0.3) is 10.8 Å². The van der Waals surface area contributed by atoms with Gasteiger partial charge in [0, 0.05) is 6.54 Å². The Balaban J connectivity index is 2.02. The van der Waals surface area contributed by atoms with Gasteiger partial charge in [0.15, 0.2) is 0 Å². The van der Waals surface area contributed by atoms with Gasteiger partial charge in [-0.1, -0.05) is 42.5 Å². The van der Waals surface area contributed by atoms with Crippen LogP contribution in [-0.2, 0) is 11.2 Å². The van der Waals surface area contributed by atoms with E-state index in [0.29, 0.717) is 6.54 Å². The van der Waals surface area contributed by atoms with Crippen LogP contribution in [-0.4, -0.2) is 36.5 Å². The predicted octanol–water partition coefficient (Wildman–Crippen LogP) is 1.90. The molecule has 0 aliphatic heterocycles. The fraction of sp³-hybridized carbons (Fsp3) is 0.294. The second-order valence-electron chi connectivity index (χ2n) is 5.40. The Morgan fingerprint density at radius 1 is 1.18 bits per heavy atom. The average molecular weight is 299 g/mol. The van der Waals surface area contributed by atoms with Gasteiger partial charge in [0.25, 0.3) is 0 Å². The van der Waals surface area contributed by atoms with Crippen LogP contribution < -0.4 is 11.1 Å². The van der Waals surface area contributed by atoms with Gasteiger partial charge in [-0.15, -0.1) is 0 Å². The zero-order valence-electron chi connectivity index (χ0n) is 12.9. The summed E-state index contributed by atoms with van der Waals surface area (Å²) in [6, 6.07) is 13.2. The van der Waals surface area contributed by atoms with E-state index in [1.165, 1.54) is 16.3 Å². The number of hydrogen-bond donors (Lipinski definition) is 2. The highest BCUT2D eigenvalue weighted by Crippen LogP contribution is 2.19. The molecule has 0 heterocycles. The number of likely N-dealkylation sites (N-methyl/N-ethyl adjacent to an activating group) is 1. The van der Waals surface area contributed by atoms with Crippen molar-refractivity contribution in [3.8, 4) is 0 Å². The van der Waals surface area contributed by atoms with E-state index in [0.717, 1.165) is 6.42 Å². The Kier molecular flexibility index (Phi) is 5.12. The molecule has 0 fully saturated rings. The topological polar surface area (TPSA) is 75.4 Å². The molecule has 2 rings (SSSR count). The Bertz CT molecular complexity index is 679. The number of amides is 3. The lowest BCUT2D eigenvalue weighted by Crippen LogP contribution is -2.47. The van der Waals surface area contributed by atoms with Crippen LogP contribution in [0.3, 0.4) is 0 Å². The summed E-state index contributed by atoms with van der Waals surface area (Å²) in [4.78, 5) is 24.4. The van der Waals surface area contributed by atoms with Crippen molar-refractivity contribution in [1.82, 2.24) is 10.2 Å². The maximum Gasteiger partial charge on any atom is 0.318 e. The van der Waals surface area contributed by atoms with Crippen molar-refractivity contribution >= 4 is 22.7 Å². The van der Waals surface area contributed by atoms with Gasteiger partial charge in [-0.2, -0.15) is 0 Å². The molecule has 2 aromatic carbocycles. The molecule has 22 heavy (non-hydrogen) atoms. The van der Waals surface area contributed by atoms with Crippen molar-refractivity contribution in [3.63, 3.8) is 0 Å². The molecule has 0 spiro atoms. The number of fused-ring (bicyclic) bond motifs is 1. The predicted molar refractivity (Wildman–Crippen MR) is 87.5 cm³/mol. The summed E-state index contributed by atoms with van der Waals surface area (Å²) in [5.41, 5.74) is 6.21. The zero-order chi connectivity index (χ0) is 16.1. The van der Waals surface area contributed by atoms with Crippen molar-refractivity contribution in [2.75, 3.05) is 13.6 Å². The number of primary amides is 1. The van der Waals surface area contributed by atoms with Gasteiger partial charge in [0.05, 0.1) is 6.04 Å². The molecule has 0 saturated carbocycles. The van der Waals surface area contributed by atoms with Gasteiger partial charge in [0.2, 0.25) is 5.91 Å². The van der Waals surface area contributed by atoms with Crippen molar-refractivity contribution in [2.45, 2.75) is 19.4 Å².